The Morgan fingerprint density at radius 3 is 1.85 bits per heavy atom. The zero-order valence-corrected chi connectivity index (χ0v) is 26.1. The lowest BCUT2D eigenvalue weighted by molar-refractivity contribution is 0.0731. The Morgan fingerprint density at radius 2 is 1.22 bits per heavy atom. The summed E-state index contributed by atoms with van der Waals surface area (Å²) in [5.41, 5.74) is 4.41. The van der Waals surface area contributed by atoms with Gasteiger partial charge in [-0.15, -0.1) is 0 Å². The van der Waals surface area contributed by atoms with E-state index in [1.165, 1.54) is 48.7 Å². The average Bonchev–Trinajstić information content (AvgIpc) is 3.06. The maximum atomic E-state index is 13.0. The molecule has 0 heterocycles. The summed E-state index contributed by atoms with van der Waals surface area (Å²) in [6.45, 7) is 0.224. The van der Waals surface area contributed by atoms with Crippen molar-refractivity contribution in [1.29, 1.82) is 0 Å². The van der Waals surface area contributed by atoms with Crippen molar-refractivity contribution in [3.05, 3.63) is 158 Å². The molecular weight excluding hydrogens is 651 g/mol. The summed E-state index contributed by atoms with van der Waals surface area (Å²) in [4.78, 5) is 38.6. The Kier molecular flexibility index (Phi) is 10.7. The number of amides is 1. The standard InChI is InChI=1S/C35H23Cl3N2O6/c36-26-12-5-22(6-13-26)21-44-31-4-2-1-3-30(31)33(41)40-39-20-25-11-18-29(45-34(42)23-7-14-27(37)15-8-23)19-32(25)46-35(43)24-9-16-28(38)17-10-24/h1-20H,21H2,(H,40,41)/b39-20+. The molecule has 8 nitrogen and oxygen atoms in total. The Hall–Kier alpha value is -5.15. The number of para-hydroxylation sites is 1. The molecule has 0 aliphatic carbocycles. The van der Waals surface area contributed by atoms with Crippen molar-refractivity contribution in [1.82, 2.24) is 5.43 Å². The predicted octanol–water partition coefficient (Wildman–Crippen LogP) is 8.43. The van der Waals surface area contributed by atoms with Gasteiger partial charge in [-0.25, -0.2) is 15.0 Å². The van der Waals surface area contributed by atoms with Crippen LogP contribution in [0.3, 0.4) is 0 Å². The van der Waals surface area contributed by atoms with E-state index in [0.29, 0.717) is 26.4 Å². The smallest absolute Gasteiger partial charge is 0.343 e. The van der Waals surface area contributed by atoms with E-state index in [1.807, 2.05) is 12.1 Å². The van der Waals surface area contributed by atoms with E-state index in [2.05, 4.69) is 10.5 Å². The third-order valence-electron chi connectivity index (χ3n) is 6.37. The largest absolute Gasteiger partial charge is 0.488 e. The topological polar surface area (TPSA) is 103 Å². The van der Waals surface area contributed by atoms with Gasteiger partial charge in [0.1, 0.15) is 23.9 Å². The van der Waals surface area contributed by atoms with Gasteiger partial charge in [-0.2, -0.15) is 5.10 Å². The molecule has 0 saturated carbocycles. The Balaban J connectivity index is 1.33. The van der Waals surface area contributed by atoms with E-state index in [9.17, 15) is 14.4 Å². The van der Waals surface area contributed by atoms with Gasteiger partial charge >= 0.3 is 11.9 Å². The molecule has 0 aliphatic rings. The summed E-state index contributed by atoms with van der Waals surface area (Å²) in [5, 5.41) is 5.59. The van der Waals surface area contributed by atoms with Gasteiger partial charge in [-0.1, -0.05) is 59.1 Å². The van der Waals surface area contributed by atoms with E-state index in [4.69, 9.17) is 49.0 Å². The predicted molar refractivity (Wildman–Crippen MR) is 177 cm³/mol. The summed E-state index contributed by atoms with van der Waals surface area (Å²) in [6.07, 6.45) is 1.30. The molecule has 0 atom stereocenters. The molecule has 230 valence electrons. The first kappa shape index (κ1) is 32.2. The van der Waals surface area contributed by atoms with Crippen molar-refractivity contribution in [3.8, 4) is 17.2 Å². The fourth-order valence-electron chi connectivity index (χ4n) is 4.01. The summed E-state index contributed by atoms with van der Waals surface area (Å²) in [7, 11) is 0. The van der Waals surface area contributed by atoms with Crippen molar-refractivity contribution in [2.75, 3.05) is 0 Å². The highest BCUT2D eigenvalue weighted by Gasteiger charge is 2.16. The number of hydrogen-bond acceptors (Lipinski definition) is 7. The second-order valence-electron chi connectivity index (χ2n) is 9.60. The van der Waals surface area contributed by atoms with E-state index >= 15 is 0 Å². The van der Waals surface area contributed by atoms with Gasteiger partial charge in [-0.05, 0) is 90.5 Å². The second-order valence-corrected chi connectivity index (χ2v) is 10.9. The summed E-state index contributed by atoms with van der Waals surface area (Å²) < 4.78 is 17.0. The molecule has 1 N–H and O–H groups in total. The Labute approximate surface area is 279 Å². The molecule has 0 unspecified atom stereocenters. The Bertz CT molecular complexity index is 1890. The molecule has 0 spiro atoms. The van der Waals surface area contributed by atoms with Gasteiger partial charge in [0.05, 0.1) is 22.9 Å². The highest BCUT2D eigenvalue weighted by molar-refractivity contribution is 6.31. The molecule has 0 aromatic heterocycles. The maximum absolute atomic E-state index is 13.0. The zero-order valence-electron chi connectivity index (χ0n) is 23.8. The molecule has 46 heavy (non-hydrogen) atoms. The van der Waals surface area contributed by atoms with Crippen molar-refractivity contribution in [2.24, 2.45) is 5.10 Å². The normalized spacial score (nSPS) is 10.8. The lowest BCUT2D eigenvalue weighted by Crippen LogP contribution is -2.19. The van der Waals surface area contributed by atoms with Crippen LogP contribution < -0.4 is 19.6 Å². The van der Waals surface area contributed by atoms with Crippen LogP contribution in [-0.4, -0.2) is 24.1 Å². The molecular formula is C35H23Cl3N2O6. The van der Waals surface area contributed by atoms with E-state index in [-0.39, 0.29) is 34.8 Å². The lowest BCUT2D eigenvalue weighted by Gasteiger charge is -2.11. The van der Waals surface area contributed by atoms with E-state index in [1.54, 1.807) is 60.7 Å². The molecule has 0 saturated heterocycles. The number of carbonyl (C=O) groups excluding carboxylic acids is 3. The van der Waals surface area contributed by atoms with Crippen LogP contribution in [0.15, 0.2) is 120 Å². The number of hydrazone groups is 1. The first-order valence-electron chi connectivity index (χ1n) is 13.6. The number of benzene rings is 5. The van der Waals surface area contributed by atoms with Crippen LogP contribution in [0.2, 0.25) is 15.1 Å². The quantitative estimate of drug-likeness (QED) is 0.0691. The average molecular weight is 674 g/mol. The molecule has 5 aromatic carbocycles. The lowest BCUT2D eigenvalue weighted by atomic mass is 10.2. The molecule has 1 amide bonds. The fraction of sp³-hybridized carbons (Fsp3) is 0.0286. The van der Waals surface area contributed by atoms with Gasteiger partial charge in [0.25, 0.3) is 5.91 Å². The van der Waals surface area contributed by atoms with Crippen LogP contribution in [0.1, 0.15) is 42.2 Å². The van der Waals surface area contributed by atoms with Crippen LogP contribution in [-0.2, 0) is 6.61 Å². The third-order valence-corrected chi connectivity index (χ3v) is 7.12. The molecule has 0 bridgehead atoms. The van der Waals surface area contributed by atoms with Gasteiger partial charge < -0.3 is 14.2 Å². The van der Waals surface area contributed by atoms with Crippen molar-refractivity contribution < 1.29 is 28.6 Å². The monoisotopic (exact) mass is 672 g/mol. The zero-order chi connectivity index (χ0) is 32.5. The number of esters is 2. The molecule has 5 rings (SSSR count). The van der Waals surface area contributed by atoms with E-state index < -0.39 is 17.8 Å². The number of ether oxygens (including phenoxy) is 3. The molecule has 0 aliphatic heterocycles. The van der Waals surface area contributed by atoms with Gasteiger partial charge in [0, 0.05) is 26.7 Å². The number of hydrogen-bond donors (Lipinski definition) is 1. The fourth-order valence-corrected chi connectivity index (χ4v) is 4.39. The van der Waals surface area contributed by atoms with Crippen LogP contribution in [0.4, 0.5) is 0 Å². The SMILES string of the molecule is O=C(Oc1ccc(/C=N/NC(=O)c2ccccc2OCc2ccc(Cl)cc2)c(OC(=O)c2ccc(Cl)cc2)c1)c1ccc(Cl)cc1. The first-order valence-corrected chi connectivity index (χ1v) is 14.8. The van der Waals surface area contributed by atoms with Crippen LogP contribution >= 0.6 is 34.8 Å². The minimum Gasteiger partial charge on any atom is -0.488 e. The number of rotatable bonds is 10. The molecule has 5 aromatic rings. The minimum absolute atomic E-state index is 0.0195. The third kappa shape index (κ3) is 8.73. The first-order chi connectivity index (χ1) is 22.2. The summed E-state index contributed by atoms with van der Waals surface area (Å²) >= 11 is 17.8. The number of halogens is 3. The number of nitrogens with one attached hydrogen (secondary N) is 1. The molecule has 0 fully saturated rings. The van der Waals surface area contributed by atoms with Gasteiger partial charge in [0.2, 0.25) is 0 Å². The number of carbonyl (C=O) groups is 3. The summed E-state index contributed by atoms with van der Waals surface area (Å²) in [5.74, 6) is -1.39. The van der Waals surface area contributed by atoms with Gasteiger partial charge in [-0.3, -0.25) is 4.79 Å². The molecule has 0 radical (unpaired) electrons. The van der Waals surface area contributed by atoms with Crippen LogP contribution in [0.25, 0.3) is 0 Å². The van der Waals surface area contributed by atoms with E-state index in [0.717, 1.165) is 5.56 Å². The highest BCUT2D eigenvalue weighted by Crippen LogP contribution is 2.26. The van der Waals surface area contributed by atoms with Crippen LogP contribution in [0.5, 0.6) is 17.2 Å². The summed E-state index contributed by atoms with van der Waals surface area (Å²) in [6, 6.07) is 30.6. The second kappa shape index (κ2) is 15.2. The molecule has 11 heteroatoms. The maximum Gasteiger partial charge on any atom is 0.343 e. The van der Waals surface area contributed by atoms with Crippen molar-refractivity contribution in [2.45, 2.75) is 6.61 Å². The Morgan fingerprint density at radius 1 is 0.652 bits per heavy atom. The van der Waals surface area contributed by atoms with Gasteiger partial charge in [0.15, 0.2) is 0 Å². The minimum atomic E-state index is -0.691. The van der Waals surface area contributed by atoms with Crippen molar-refractivity contribution in [3.63, 3.8) is 0 Å². The van der Waals surface area contributed by atoms with Crippen LogP contribution in [0, 0.1) is 0 Å². The van der Waals surface area contributed by atoms with Crippen molar-refractivity contribution >= 4 is 58.9 Å². The number of nitrogens with zero attached hydrogens (tertiary/aromatic N) is 1. The highest BCUT2D eigenvalue weighted by atomic mass is 35.5.